The summed E-state index contributed by atoms with van der Waals surface area (Å²) in [5.74, 6) is -0.134. The van der Waals surface area contributed by atoms with E-state index < -0.39 is 0 Å². The van der Waals surface area contributed by atoms with Crippen molar-refractivity contribution < 1.29 is 4.39 Å². The van der Waals surface area contributed by atoms with Gasteiger partial charge in [0.2, 0.25) is 0 Å². The lowest BCUT2D eigenvalue weighted by atomic mass is 10.0. The molecule has 0 fully saturated rings. The van der Waals surface area contributed by atoms with Crippen LogP contribution in [0.4, 0.5) is 4.39 Å². The predicted molar refractivity (Wildman–Crippen MR) is 70.8 cm³/mol. The molecule has 0 saturated carbocycles. The Balaban J connectivity index is 2.54. The number of halogens is 1. The van der Waals surface area contributed by atoms with Crippen LogP contribution >= 0.6 is 0 Å². The van der Waals surface area contributed by atoms with Gasteiger partial charge in [0.05, 0.1) is 5.69 Å². The molecule has 2 rings (SSSR count). The van der Waals surface area contributed by atoms with Crippen molar-refractivity contribution in [1.29, 1.82) is 0 Å². The summed E-state index contributed by atoms with van der Waals surface area (Å²) in [5.41, 5.74) is 4.32. The lowest BCUT2D eigenvalue weighted by molar-refractivity contribution is 0.609. The average molecular weight is 247 g/mol. The first kappa shape index (κ1) is 12.8. The summed E-state index contributed by atoms with van der Waals surface area (Å²) in [5, 5.41) is 7.59. The van der Waals surface area contributed by atoms with Crippen LogP contribution in [0.3, 0.4) is 0 Å². The van der Waals surface area contributed by atoms with Gasteiger partial charge in [-0.25, -0.2) is 4.39 Å². The van der Waals surface area contributed by atoms with Crippen LogP contribution in [-0.2, 0) is 13.6 Å². The molecule has 1 aromatic carbocycles. The summed E-state index contributed by atoms with van der Waals surface area (Å²) in [6.45, 7) is 4.32. The Morgan fingerprint density at radius 2 is 1.89 bits per heavy atom. The highest BCUT2D eigenvalue weighted by molar-refractivity contribution is 5.64. The number of benzene rings is 1. The van der Waals surface area contributed by atoms with Crippen molar-refractivity contribution in [1.82, 2.24) is 15.1 Å². The Kier molecular flexibility index (Phi) is 3.48. The highest BCUT2D eigenvalue weighted by Gasteiger charge is 2.12. The largest absolute Gasteiger partial charge is 0.316 e. The minimum absolute atomic E-state index is 0.134. The normalized spacial score (nSPS) is 10.9. The van der Waals surface area contributed by atoms with E-state index in [2.05, 4.69) is 10.4 Å². The van der Waals surface area contributed by atoms with Gasteiger partial charge in [-0.05, 0) is 44.2 Å². The van der Waals surface area contributed by atoms with Gasteiger partial charge in [-0.2, -0.15) is 5.10 Å². The average Bonchev–Trinajstić information content (AvgIpc) is 2.67. The topological polar surface area (TPSA) is 29.9 Å². The molecule has 4 heteroatoms. The van der Waals surface area contributed by atoms with Crippen molar-refractivity contribution in [2.45, 2.75) is 20.4 Å². The molecule has 1 aromatic heterocycles. The molecule has 0 aliphatic heterocycles. The zero-order valence-corrected chi connectivity index (χ0v) is 11.2. The number of hydrogen-bond acceptors (Lipinski definition) is 2. The predicted octanol–water partition coefficient (Wildman–Crippen LogP) is 2.56. The van der Waals surface area contributed by atoms with Gasteiger partial charge >= 0.3 is 0 Å². The maximum atomic E-state index is 13.6. The molecule has 18 heavy (non-hydrogen) atoms. The first-order valence-electron chi connectivity index (χ1n) is 5.97. The standard InChI is InChI=1S/C14H18FN3/c1-9-5-11(6-10(2)13(9)15)14-12(7-16-3)8-18(4)17-14/h5-6,8,16H,7H2,1-4H3. The zero-order chi connectivity index (χ0) is 13.3. The minimum Gasteiger partial charge on any atom is -0.316 e. The van der Waals surface area contributed by atoms with Crippen LogP contribution in [0.15, 0.2) is 18.3 Å². The molecule has 0 aliphatic carbocycles. The molecule has 1 N–H and O–H groups in total. The van der Waals surface area contributed by atoms with E-state index in [1.807, 2.05) is 32.4 Å². The van der Waals surface area contributed by atoms with E-state index in [0.717, 1.165) is 23.4 Å². The van der Waals surface area contributed by atoms with Crippen LogP contribution in [-0.4, -0.2) is 16.8 Å². The van der Waals surface area contributed by atoms with E-state index in [9.17, 15) is 4.39 Å². The molecule has 0 unspecified atom stereocenters. The Labute approximate surface area is 107 Å². The lowest BCUT2D eigenvalue weighted by Gasteiger charge is -2.06. The van der Waals surface area contributed by atoms with Gasteiger partial charge in [-0.3, -0.25) is 4.68 Å². The second-order valence-electron chi connectivity index (χ2n) is 4.63. The monoisotopic (exact) mass is 247 g/mol. The zero-order valence-electron chi connectivity index (χ0n) is 11.2. The fourth-order valence-corrected chi connectivity index (χ4v) is 2.18. The molecule has 0 aliphatic rings. The van der Waals surface area contributed by atoms with E-state index in [0.29, 0.717) is 11.1 Å². The first-order chi connectivity index (χ1) is 8.52. The number of aryl methyl sites for hydroxylation is 3. The van der Waals surface area contributed by atoms with Crippen LogP contribution in [0, 0.1) is 19.7 Å². The molecular formula is C14H18FN3. The third-order valence-electron chi connectivity index (χ3n) is 2.98. The van der Waals surface area contributed by atoms with E-state index in [-0.39, 0.29) is 5.82 Å². The number of hydrogen-bond donors (Lipinski definition) is 1. The summed E-state index contributed by atoms with van der Waals surface area (Å²) in [4.78, 5) is 0. The second kappa shape index (κ2) is 4.90. The van der Waals surface area contributed by atoms with Crippen molar-refractivity contribution in [2.24, 2.45) is 7.05 Å². The highest BCUT2D eigenvalue weighted by atomic mass is 19.1. The third kappa shape index (κ3) is 2.29. The number of nitrogens with one attached hydrogen (secondary N) is 1. The molecule has 1 heterocycles. The Morgan fingerprint density at radius 3 is 2.44 bits per heavy atom. The Bertz CT molecular complexity index is 549. The van der Waals surface area contributed by atoms with Crippen LogP contribution in [0.1, 0.15) is 16.7 Å². The Hall–Kier alpha value is -1.68. The first-order valence-corrected chi connectivity index (χ1v) is 5.97. The fraction of sp³-hybridized carbons (Fsp3) is 0.357. The molecule has 0 atom stereocenters. The molecule has 2 aromatic rings. The van der Waals surface area contributed by atoms with E-state index in [1.54, 1.807) is 18.5 Å². The fourth-order valence-electron chi connectivity index (χ4n) is 2.18. The molecular weight excluding hydrogens is 229 g/mol. The summed E-state index contributed by atoms with van der Waals surface area (Å²) >= 11 is 0. The number of rotatable bonds is 3. The van der Waals surface area contributed by atoms with Crippen molar-refractivity contribution in [3.8, 4) is 11.3 Å². The van der Waals surface area contributed by atoms with E-state index >= 15 is 0 Å². The molecule has 96 valence electrons. The van der Waals surface area contributed by atoms with Gasteiger partial charge in [0.1, 0.15) is 5.82 Å². The SMILES string of the molecule is CNCc1cn(C)nc1-c1cc(C)c(F)c(C)c1. The van der Waals surface area contributed by atoms with Crippen molar-refractivity contribution >= 4 is 0 Å². The van der Waals surface area contributed by atoms with Crippen LogP contribution in [0.2, 0.25) is 0 Å². The molecule has 0 radical (unpaired) electrons. The smallest absolute Gasteiger partial charge is 0.129 e. The van der Waals surface area contributed by atoms with Crippen molar-refractivity contribution in [3.05, 3.63) is 40.8 Å². The van der Waals surface area contributed by atoms with Gasteiger partial charge in [-0.1, -0.05) is 0 Å². The second-order valence-corrected chi connectivity index (χ2v) is 4.63. The van der Waals surface area contributed by atoms with Crippen LogP contribution in [0.25, 0.3) is 11.3 Å². The molecule has 3 nitrogen and oxygen atoms in total. The summed E-state index contributed by atoms with van der Waals surface area (Å²) in [7, 11) is 3.80. The minimum atomic E-state index is -0.134. The van der Waals surface area contributed by atoms with Gasteiger partial charge in [-0.15, -0.1) is 0 Å². The molecule has 0 saturated heterocycles. The van der Waals surface area contributed by atoms with Gasteiger partial charge in [0, 0.05) is 30.9 Å². The van der Waals surface area contributed by atoms with E-state index in [4.69, 9.17) is 0 Å². The number of aromatic nitrogens is 2. The highest BCUT2D eigenvalue weighted by Crippen LogP contribution is 2.26. The van der Waals surface area contributed by atoms with Crippen LogP contribution in [0.5, 0.6) is 0 Å². The third-order valence-corrected chi connectivity index (χ3v) is 2.98. The van der Waals surface area contributed by atoms with Gasteiger partial charge < -0.3 is 5.32 Å². The molecule has 0 amide bonds. The number of nitrogens with zero attached hydrogens (tertiary/aromatic N) is 2. The molecule has 0 bridgehead atoms. The lowest BCUT2D eigenvalue weighted by Crippen LogP contribution is -2.05. The van der Waals surface area contributed by atoms with Gasteiger partial charge in [0.25, 0.3) is 0 Å². The Morgan fingerprint density at radius 1 is 1.28 bits per heavy atom. The van der Waals surface area contributed by atoms with Crippen molar-refractivity contribution in [3.63, 3.8) is 0 Å². The summed E-state index contributed by atoms with van der Waals surface area (Å²) in [6.07, 6.45) is 1.99. The van der Waals surface area contributed by atoms with Gasteiger partial charge in [0.15, 0.2) is 0 Å². The molecule has 0 spiro atoms. The summed E-state index contributed by atoms with van der Waals surface area (Å²) < 4.78 is 15.4. The van der Waals surface area contributed by atoms with E-state index in [1.165, 1.54) is 0 Å². The summed E-state index contributed by atoms with van der Waals surface area (Å²) in [6, 6.07) is 3.70. The van der Waals surface area contributed by atoms with Crippen molar-refractivity contribution in [2.75, 3.05) is 7.05 Å². The maximum Gasteiger partial charge on any atom is 0.129 e. The maximum absolute atomic E-state index is 13.6. The quantitative estimate of drug-likeness (QED) is 0.903. The van der Waals surface area contributed by atoms with Crippen LogP contribution < -0.4 is 5.32 Å².